The molecule has 1 aromatic rings. The number of piperidine rings is 2. The van der Waals surface area contributed by atoms with Gasteiger partial charge in [-0.3, -0.25) is 4.79 Å². The first-order valence-electron chi connectivity index (χ1n) is 11.4. The van der Waals surface area contributed by atoms with Crippen LogP contribution in [0.25, 0.3) is 0 Å². The minimum atomic E-state index is -4.28. The maximum absolute atomic E-state index is 12.9. The van der Waals surface area contributed by atoms with Crippen molar-refractivity contribution in [2.75, 3.05) is 19.6 Å². The Kier molecular flexibility index (Phi) is 4.73. The number of halogens is 3. The molecular weight excluding hydrogens is 389 g/mol. The summed E-state index contributed by atoms with van der Waals surface area (Å²) in [6.07, 6.45) is 0.424. The number of amides is 1. The Balaban J connectivity index is 1.31. The molecule has 0 N–H and O–H groups in total. The van der Waals surface area contributed by atoms with Gasteiger partial charge in [0.25, 0.3) is 0 Å². The van der Waals surface area contributed by atoms with Gasteiger partial charge in [0.1, 0.15) is 0 Å². The molecule has 30 heavy (non-hydrogen) atoms. The van der Waals surface area contributed by atoms with E-state index in [0.717, 1.165) is 44.5 Å². The van der Waals surface area contributed by atoms with Crippen LogP contribution < -0.4 is 0 Å². The number of alkyl halides is 3. The lowest BCUT2D eigenvalue weighted by Gasteiger charge is -2.51. The second-order valence-electron chi connectivity index (χ2n) is 10.3. The number of carbonyl (C=O) groups excluding carboxylic acids is 1. The van der Waals surface area contributed by atoms with E-state index in [1.165, 1.54) is 18.6 Å². The summed E-state index contributed by atoms with van der Waals surface area (Å²) >= 11 is 0. The summed E-state index contributed by atoms with van der Waals surface area (Å²) in [7, 11) is 0. The van der Waals surface area contributed by atoms with Gasteiger partial charge >= 0.3 is 6.18 Å². The zero-order valence-electron chi connectivity index (χ0n) is 17.8. The van der Waals surface area contributed by atoms with E-state index in [9.17, 15) is 18.0 Å². The molecule has 5 atom stereocenters. The SMILES string of the molecule is CC(C)[C@H]1CC2CN(CCc3ccc(C(F)(F)F)cc3)C[C@H]3CCC(=O)N1C31CC21. The molecule has 3 aliphatic heterocycles. The summed E-state index contributed by atoms with van der Waals surface area (Å²) in [5.74, 6) is 2.67. The lowest BCUT2D eigenvalue weighted by molar-refractivity contribution is -0.150. The summed E-state index contributed by atoms with van der Waals surface area (Å²) in [6, 6.07) is 5.97. The highest BCUT2D eigenvalue weighted by Crippen LogP contribution is 2.66. The normalized spacial score (nSPS) is 35.9. The zero-order chi connectivity index (χ0) is 21.3. The van der Waals surface area contributed by atoms with Gasteiger partial charge in [-0.2, -0.15) is 13.2 Å². The van der Waals surface area contributed by atoms with Crippen molar-refractivity contribution in [1.29, 1.82) is 0 Å². The molecule has 3 unspecified atom stereocenters. The molecule has 164 valence electrons. The summed E-state index contributed by atoms with van der Waals surface area (Å²) in [5.41, 5.74) is 0.482. The maximum atomic E-state index is 12.9. The Labute approximate surface area is 176 Å². The van der Waals surface area contributed by atoms with E-state index in [1.807, 2.05) is 0 Å². The number of rotatable bonds is 4. The van der Waals surface area contributed by atoms with E-state index in [0.29, 0.717) is 42.0 Å². The van der Waals surface area contributed by atoms with Crippen molar-refractivity contribution in [1.82, 2.24) is 9.80 Å². The lowest BCUT2D eigenvalue weighted by Crippen LogP contribution is -2.61. The Morgan fingerprint density at radius 1 is 1.17 bits per heavy atom. The Morgan fingerprint density at radius 2 is 1.90 bits per heavy atom. The zero-order valence-corrected chi connectivity index (χ0v) is 17.8. The van der Waals surface area contributed by atoms with Gasteiger partial charge in [-0.1, -0.05) is 26.0 Å². The topological polar surface area (TPSA) is 23.6 Å². The largest absolute Gasteiger partial charge is 0.416 e. The monoisotopic (exact) mass is 420 g/mol. The molecule has 0 radical (unpaired) electrons. The Morgan fingerprint density at radius 3 is 2.57 bits per heavy atom. The first-order valence-corrected chi connectivity index (χ1v) is 11.4. The van der Waals surface area contributed by atoms with Gasteiger partial charge < -0.3 is 9.80 Å². The van der Waals surface area contributed by atoms with E-state index < -0.39 is 11.7 Å². The van der Waals surface area contributed by atoms with Crippen molar-refractivity contribution in [2.45, 2.75) is 63.7 Å². The van der Waals surface area contributed by atoms with Crippen molar-refractivity contribution in [3.8, 4) is 0 Å². The van der Waals surface area contributed by atoms with Crippen LogP contribution in [-0.4, -0.2) is 46.9 Å². The lowest BCUT2D eigenvalue weighted by atomic mass is 9.75. The van der Waals surface area contributed by atoms with Crippen LogP contribution >= 0.6 is 0 Å². The van der Waals surface area contributed by atoms with E-state index in [1.54, 1.807) is 12.1 Å². The highest BCUT2D eigenvalue weighted by Gasteiger charge is 2.72. The van der Waals surface area contributed by atoms with Gasteiger partial charge in [0.2, 0.25) is 5.91 Å². The predicted octanol–water partition coefficient (Wildman–Crippen LogP) is 4.61. The molecule has 3 heterocycles. The van der Waals surface area contributed by atoms with E-state index in [4.69, 9.17) is 0 Å². The molecule has 1 amide bonds. The van der Waals surface area contributed by atoms with Crippen LogP contribution in [0, 0.1) is 23.7 Å². The second-order valence-corrected chi connectivity index (χ2v) is 10.3. The molecule has 3 saturated heterocycles. The molecule has 4 aliphatic rings. The highest BCUT2D eigenvalue weighted by molar-refractivity contribution is 5.80. The molecule has 2 bridgehead atoms. The highest BCUT2D eigenvalue weighted by atomic mass is 19.4. The van der Waals surface area contributed by atoms with Crippen molar-refractivity contribution in [2.24, 2.45) is 23.7 Å². The van der Waals surface area contributed by atoms with Gasteiger partial charge in [0.15, 0.2) is 0 Å². The maximum Gasteiger partial charge on any atom is 0.416 e. The van der Waals surface area contributed by atoms with Crippen LogP contribution in [0.3, 0.4) is 0 Å². The molecule has 1 aliphatic carbocycles. The number of hydrogen-bond acceptors (Lipinski definition) is 2. The van der Waals surface area contributed by atoms with E-state index >= 15 is 0 Å². The molecule has 1 spiro atoms. The average Bonchev–Trinajstić information content (AvgIpc) is 3.43. The average molecular weight is 421 g/mol. The van der Waals surface area contributed by atoms with Gasteiger partial charge in [-0.15, -0.1) is 0 Å². The second kappa shape index (κ2) is 6.98. The van der Waals surface area contributed by atoms with Gasteiger partial charge in [-0.25, -0.2) is 0 Å². The first kappa shape index (κ1) is 20.3. The minimum absolute atomic E-state index is 0.107. The van der Waals surface area contributed by atoms with Crippen LogP contribution in [0.2, 0.25) is 0 Å². The van der Waals surface area contributed by atoms with Crippen LogP contribution in [0.4, 0.5) is 13.2 Å². The molecule has 1 aromatic carbocycles. The number of carbonyl (C=O) groups is 1. The molecule has 4 fully saturated rings. The molecule has 5 rings (SSSR count). The third-order valence-corrected chi connectivity index (χ3v) is 8.34. The summed E-state index contributed by atoms with van der Waals surface area (Å²) in [6.45, 7) is 7.45. The molecule has 3 nitrogen and oxygen atoms in total. The quantitative estimate of drug-likeness (QED) is 0.711. The third-order valence-electron chi connectivity index (χ3n) is 8.34. The fraction of sp³-hybridized carbons (Fsp3) is 0.708. The van der Waals surface area contributed by atoms with Gasteiger partial charge in [-0.05, 0) is 67.1 Å². The number of benzene rings is 1. The Hall–Kier alpha value is -1.56. The van der Waals surface area contributed by atoms with Gasteiger partial charge in [0, 0.05) is 32.1 Å². The molecule has 1 saturated carbocycles. The smallest absolute Gasteiger partial charge is 0.333 e. The van der Waals surface area contributed by atoms with Crippen LogP contribution in [0.5, 0.6) is 0 Å². The van der Waals surface area contributed by atoms with E-state index in [2.05, 4.69) is 23.6 Å². The number of nitrogens with zero attached hydrogens (tertiary/aromatic N) is 2. The fourth-order valence-corrected chi connectivity index (χ4v) is 6.85. The van der Waals surface area contributed by atoms with Gasteiger partial charge in [0.05, 0.1) is 11.1 Å². The van der Waals surface area contributed by atoms with E-state index in [-0.39, 0.29) is 5.54 Å². The third kappa shape index (κ3) is 3.17. The van der Waals surface area contributed by atoms with Crippen LogP contribution in [-0.2, 0) is 17.4 Å². The van der Waals surface area contributed by atoms with Crippen molar-refractivity contribution >= 4 is 5.91 Å². The van der Waals surface area contributed by atoms with Crippen LogP contribution in [0.1, 0.15) is 50.7 Å². The fourth-order valence-electron chi connectivity index (χ4n) is 6.85. The Bertz CT molecular complexity index is 821. The predicted molar refractivity (Wildman–Crippen MR) is 109 cm³/mol. The summed E-state index contributed by atoms with van der Waals surface area (Å²) < 4.78 is 38.4. The van der Waals surface area contributed by atoms with Crippen LogP contribution in [0.15, 0.2) is 24.3 Å². The molecule has 6 heteroatoms. The standard InChI is InChI=1S/C24H31F3N2O/c1-15(2)21-11-17-13-28(10-9-16-3-5-18(6-4-16)24(25,26)27)14-19-7-8-22(30)29(21)23(19)12-20(17)23/h3-6,15,17,19-21H,7-14H2,1-2H3/t17?,19-,20?,21-,23?/m1/s1. The molecular formula is C24H31F3N2O. The van der Waals surface area contributed by atoms with Crippen molar-refractivity contribution < 1.29 is 18.0 Å². The summed E-state index contributed by atoms with van der Waals surface area (Å²) in [5, 5.41) is 0. The number of hydrogen-bond donors (Lipinski definition) is 0. The van der Waals surface area contributed by atoms with Crippen molar-refractivity contribution in [3.05, 3.63) is 35.4 Å². The molecule has 0 aromatic heterocycles. The van der Waals surface area contributed by atoms with Crippen molar-refractivity contribution in [3.63, 3.8) is 0 Å². The minimum Gasteiger partial charge on any atom is -0.333 e. The first-order chi connectivity index (χ1) is 14.2. The summed E-state index contributed by atoms with van der Waals surface area (Å²) in [4.78, 5) is 17.8. The number of likely N-dealkylation sites (tertiary alicyclic amines) is 1.